The number of nitriles is 1. The second-order valence-corrected chi connectivity index (χ2v) is 3.36. The lowest BCUT2D eigenvalue weighted by Gasteiger charge is -2.16. The van der Waals surface area contributed by atoms with Gasteiger partial charge in [-0.2, -0.15) is 5.26 Å². The fourth-order valence-electron chi connectivity index (χ4n) is 1.12. The maximum atomic E-state index is 11.6. The monoisotopic (exact) mass is 218 g/mol. The summed E-state index contributed by atoms with van der Waals surface area (Å²) in [5, 5.41) is 11.5. The Morgan fingerprint density at radius 2 is 2.31 bits per heavy atom. The molecule has 0 bridgehead atoms. The molecule has 84 valence electrons. The quantitative estimate of drug-likeness (QED) is 0.740. The molecule has 0 spiro atoms. The number of carbonyl (C=O) groups is 1. The first-order valence-electron chi connectivity index (χ1n) is 4.90. The zero-order valence-corrected chi connectivity index (χ0v) is 9.32. The highest BCUT2D eigenvalue weighted by molar-refractivity contribution is 5.91. The summed E-state index contributed by atoms with van der Waals surface area (Å²) in [6, 6.07) is 6.53. The number of nitrogen functional groups attached to an aromatic ring is 1. The van der Waals surface area contributed by atoms with Crippen LogP contribution in [0.15, 0.2) is 18.2 Å². The molecule has 0 fully saturated rings. The molecule has 0 radical (unpaired) electrons. The number of nitrogens with two attached hydrogens (primary N) is 1. The van der Waals surface area contributed by atoms with Crippen LogP contribution in [0.5, 0.6) is 0 Å². The van der Waals surface area contributed by atoms with E-state index in [2.05, 4.69) is 5.32 Å². The molecule has 0 unspecified atom stereocenters. The number of nitrogens with one attached hydrogen (secondary N) is 1. The molecule has 16 heavy (non-hydrogen) atoms. The van der Waals surface area contributed by atoms with Crippen LogP contribution in [0.25, 0.3) is 0 Å². The fourth-order valence-corrected chi connectivity index (χ4v) is 1.12. The van der Waals surface area contributed by atoms with E-state index >= 15 is 0 Å². The summed E-state index contributed by atoms with van der Waals surface area (Å²) >= 11 is 0. The Balaban J connectivity index is 2.90. The topological polar surface area (TPSA) is 82.2 Å². The molecule has 2 amide bonds. The number of hydrogen-bond donors (Lipinski definition) is 2. The predicted molar refractivity (Wildman–Crippen MR) is 62.9 cm³/mol. The summed E-state index contributed by atoms with van der Waals surface area (Å²) in [4.78, 5) is 13.1. The number of urea groups is 1. The van der Waals surface area contributed by atoms with Crippen LogP contribution in [0.2, 0.25) is 0 Å². The minimum atomic E-state index is -0.247. The van der Waals surface area contributed by atoms with Crippen LogP contribution in [0.1, 0.15) is 12.5 Å². The molecule has 0 aromatic heterocycles. The van der Waals surface area contributed by atoms with Crippen molar-refractivity contribution >= 4 is 17.4 Å². The molecule has 0 atom stereocenters. The van der Waals surface area contributed by atoms with Crippen LogP contribution in [-0.2, 0) is 0 Å². The molecule has 1 rings (SSSR count). The molecule has 0 aliphatic carbocycles. The van der Waals surface area contributed by atoms with Gasteiger partial charge < -0.3 is 16.0 Å². The van der Waals surface area contributed by atoms with Crippen LogP contribution < -0.4 is 11.1 Å². The van der Waals surface area contributed by atoms with Crippen molar-refractivity contribution < 1.29 is 4.79 Å². The lowest BCUT2D eigenvalue weighted by Crippen LogP contribution is -2.31. The van der Waals surface area contributed by atoms with Crippen LogP contribution in [0, 0.1) is 11.3 Å². The van der Waals surface area contributed by atoms with Gasteiger partial charge >= 0.3 is 6.03 Å². The maximum absolute atomic E-state index is 11.6. The highest BCUT2D eigenvalue weighted by Crippen LogP contribution is 2.18. The van der Waals surface area contributed by atoms with Crippen LogP contribution in [0.4, 0.5) is 16.2 Å². The smallest absolute Gasteiger partial charge is 0.321 e. The van der Waals surface area contributed by atoms with Gasteiger partial charge in [0.25, 0.3) is 0 Å². The Labute approximate surface area is 94.5 Å². The average Bonchev–Trinajstić information content (AvgIpc) is 2.30. The molecule has 0 saturated carbocycles. The molecule has 0 heterocycles. The lowest BCUT2D eigenvalue weighted by atomic mass is 10.2. The molecule has 1 aromatic carbocycles. The van der Waals surface area contributed by atoms with Gasteiger partial charge in [-0.15, -0.1) is 0 Å². The highest BCUT2D eigenvalue weighted by Gasteiger charge is 2.09. The minimum Gasteiger partial charge on any atom is -0.399 e. The molecule has 0 aliphatic heterocycles. The molecule has 0 saturated heterocycles. The molecular weight excluding hydrogens is 204 g/mol. The molecule has 1 aromatic rings. The van der Waals surface area contributed by atoms with Crippen molar-refractivity contribution in [2.75, 3.05) is 24.6 Å². The summed E-state index contributed by atoms with van der Waals surface area (Å²) in [5.41, 5.74) is 6.88. The van der Waals surface area contributed by atoms with E-state index in [0.717, 1.165) is 0 Å². The Bertz CT molecular complexity index is 436. The summed E-state index contributed by atoms with van der Waals surface area (Å²) in [6.07, 6.45) is 0. The highest BCUT2D eigenvalue weighted by atomic mass is 16.2. The van der Waals surface area contributed by atoms with Gasteiger partial charge in [-0.25, -0.2) is 4.79 Å². The second kappa shape index (κ2) is 5.03. The normalized spacial score (nSPS) is 9.31. The van der Waals surface area contributed by atoms with Crippen molar-refractivity contribution in [3.8, 4) is 6.07 Å². The van der Waals surface area contributed by atoms with Crippen molar-refractivity contribution in [3.05, 3.63) is 23.8 Å². The first-order chi connectivity index (χ1) is 7.58. The Morgan fingerprint density at radius 3 is 2.88 bits per heavy atom. The lowest BCUT2D eigenvalue weighted by molar-refractivity contribution is 0.224. The number of carbonyl (C=O) groups excluding carboxylic acids is 1. The number of anilines is 2. The van der Waals surface area contributed by atoms with E-state index < -0.39 is 0 Å². The van der Waals surface area contributed by atoms with Crippen molar-refractivity contribution in [2.45, 2.75) is 6.92 Å². The van der Waals surface area contributed by atoms with Gasteiger partial charge in [0.05, 0.1) is 11.3 Å². The summed E-state index contributed by atoms with van der Waals surface area (Å²) in [6.45, 7) is 2.47. The number of amides is 2. The summed E-state index contributed by atoms with van der Waals surface area (Å²) in [7, 11) is 1.68. The van der Waals surface area contributed by atoms with E-state index in [-0.39, 0.29) is 6.03 Å². The van der Waals surface area contributed by atoms with E-state index in [1.807, 2.05) is 13.0 Å². The zero-order valence-electron chi connectivity index (χ0n) is 9.32. The average molecular weight is 218 g/mol. The number of nitrogens with zero attached hydrogens (tertiary/aromatic N) is 2. The predicted octanol–water partition coefficient (Wildman–Crippen LogP) is 1.62. The van der Waals surface area contributed by atoms with E-state index in [1.54, 1.807) is 19.2 Å². The Hall–Kier alpha value is -2.22. The van der Waals surface area contributed by atoms with Crippen molar-refractivity contribution in [1.82, 2.24) is 4.90 Å². The van der Waals surface area contributed by atoms with E-state index in [0.29, 0.717) is 23.5 Å². The van der Waals surface area contributed by atoms with Crippen molar-refractivity contribution in [3.63, 3.8) is 0 Å². The summed E-state index contributed by atoms with van der Waals surface area (Å²) in [5.74, 6) is 0. The molecule has 3 N–H and O–H groups in total. The van der Waals surface area contributed by atoms with Gasteiger partial charge in [-0.1, -0.05) is 0 Å². The van der Waals surface area contributed by atoms with Crippen LogP contribution in [-0.4, -0.2) is 24.5 Å². The Morgan fingerprint density at radius 1 is 1.62 bits per heavy atom. The van der Waals surface area contributed by atoms with Gasteiger partial charge in [0.1, 0.15) is 6.07 Å². The third kappa shape index (κ3) is 2.64. The van der Waals surface area contributed by atoms with Crippen LogP contribution in [0.3, 0.4) is 0 Å². The third-order valence-corrected chi connectivity index (χ3v) is 2.23. The Kier molecular flexibility index (Phi) is 3.72. The second-order valence-electron chi connectivity index (χ2n) is 3.36. The standard InChI is InChI=1S/C11H14N4O/c1-3-15(2)11(16)14-10-5-4-9(13)6-8(10)7-12/h4-6H,3,13H2,1-2H3,(H,14,16). The molecule has 5 heteroatoms. The van der Waals surface area contributed by atoms with Gasteiger partial charge in [0.15, 0.2) is 0 Å². The van der Waals surface area contributed by atoms with Gasteiger partial charge in [-0.3, -0.25) is 0 Å². The molecule has 0 aliphatic rings. The van der Waals surface area contributed by atoms with E-state index in [9.17, 15) is 4.79 Å². The SMILES string of the molecule is CCN(C)C(=O)Nc1ccc(N)cc1C#N. The molecular formula is C11H14N4O. The van der Waals surface area contributed by atoms with Crippen LogP contribution >= 0.6 is 0 Å². The van der Waals surface area contributed by atoms with Gasteiger partial charge in [-0.05, 0) is 25.1 Å². The number of rotatable bonds is 2. The van der Waals surface area contributed by atoms with Crippen molar-refractivity contribution in [1.29, 1.82) is 5.26 Å². The van der Waals surface area contributed by atoms with E-state index in [4.69, 9.17) is 11.0 Å². The number of benzene rings is 1. The third-order valence-electron chi connectivity index (χ3n) is 2.23. The van der Waals surface area contributed by atoms with Crippen molar-refractivity contribution in [2.24, 2.45) is 0 Å². The summed E-state index contributed by atoms with van der Waals surface area (Å²) < 4.78 is 0. The fraction of sp³-hybridized carbons (Fsp3) is 0.273. The van der Waals surface area contributed by atoms with E-state index in [1.165, 1.54) is 11.0 Å². The first kappa shape index (κ1) is 11.9. The maximum Gasteiger partial charge on any atom is 0.321 e. The first-order valence-corrected chi connectivity index (χ1v) is 4.90. The van der Waals surface area contributed by atoms with Gasteiger partial charge in [0, 0.05) is 19.3 Å². The van der Waals surface area contributed by atoms with Gasteiger partial charge in [0.2, 0.25) is 0 Å². The minimum absolute atomic E-state index is 0.247. The zero-order chi connectivity index (χ0) is 12.1. The largest absolute Gasteiger partial charge is 0.399 e. The number of hydrogen-bond acceptors (Lipinski definition) is 3. The molecule has 5 nitrogen and oxygen atoms in total.